The van der Waals surface area contributed by atoms with E-state index >= 15 is 0 Å². The van der Waals surface area contributed by atoms with Crippen molar-refractivity contribution in [2.45, 2.75) is 6.92 Å². The minimum atomic E-state index is -3.57. The average molecular weight is 263 g/mol. The zero-order valence-electron chi connectivity index (χ0n) is 9.13. The zero-order chi connectivity index (χ0) is 12.9. The van der Waals surface area contributed by atoms with Gasteiger partial charge in [-0.05, 0) is 6.92 Å². The van der Waals surface area contributed by atoms with Crippen LogP contribution in [0.3, 0.4) is 0 Å². The largest absolute Gasteiger partial charge is 0.477 e. The summed E-state index contributed by atoms with van der Waals surface area (Å²) in [5.41, 5.74) is -0.187. The highest BCUT2D eigenvalue weighted by molar-refractivity contribution is 7.92. The first-order valence-electron chi connectivity index (χ1n) is 4.81. The standard InChI is InChI=1S/C8H13N3O5S/c1-2-16-3-4-17(14,15)11-7-5-6(8(12)13)9-10-7/h5H,2-4H2,1H3,(H,12,13)(H2,9,10,11). The number of nitrogens with zero attached hydrogens (tertiary/aromatic N) is 1. The van der Waals surface area contributed by atoms with Gasteiger partial charge in [0.1, 0.15) is 5.69 Å². The predicted octanol–water partition coefficient (Wildman–Crippen LogP) is -0.114. The monoisotopic (exact) mass is 263 g/mol. The van der Waals surface area contributed by atoms with E-state index in [9.17, 15) is 13.2 Å². The highest BCUT2D eigenvalue weighted by Crippen LogP contribution is 2.07. The fourth-order valence-corrected chi connectivity index (χ4v) is 1.87. The molecule has 0 aromatic carbocycles. The SMILES string of the molecule is CCOCCS(=O)(=O)Nc1cc(C(=O)O)[nH]n1. The van der Waals surface area contributed by atoms with E-state index in [1.807, 2.05) is 0 Å². The number of hydrogen-bond donors (Lipinski definition) is 3. The van der Waals surface area contributed by atoms with Crippen LogP contribution in [0.5, 0.6) is 0 Å². The zero-order valence-corrected chi connectivity index (χ0v) is 9.95. The Hall–Kier alpha value is -1.61. The molecule has 1 rings (SSSR count). The Balaban J connectivity index is 2.60. The first kappa shape index (κ1) is 13.5. The van der Waals surface area contributed by atoms with Crippen molar-refractivity contribution in [2.75, 3.05) is 23.7 Å². The van der Waals surface area contributed by atoms with E-state index in [1.165, 1.54) is 0 Å². The van der Waals surface area contributed by atoms with Crippen LogP contribution in [0.25, 0.3) is 0 Å². The van der Waals surface area contributed by atoms with E-state index in [1.54, 1.807) is 6.92 Å². The van der Waals surface area contributed by atoms with Crippen LogP contribution >= 0.6 is 0 Å². The number of aromatic carboxylic acids is 1. The molecule has 3 N–H and O–H groups in total. The lowest BCUT2D eigenvalue weighted by Gasteiger charge is -2.04. The van der Waals surface area contributed by atoms with Gasteiger partial charge in [-0.2, -0.15) is 5.10 Å². The van der Waals surface area contributed by atoms with Gasteiger partial charge in [0.15, 0.2) is 5.82 Å². The van der Waals surface area contributed by atoms with Gasteiger partial charge in [-0.15, -0.1) is 0 Å². The smallest absolute Gasteiger partial charge is 0.353 e. The maximum atomic E-state index is 11.5. The van der Waals surface area contributed by atoms with Gasteiger partial charge in [-0.25, -0.2) is 13.2 Å². The molecule has 0 fully saturated rings. The highest BCUT2D eigenvalue weighted by Gasteiger charge is 2.14. The lowest BCUT2D eigenvalue weighted by Crippen LogP contribution is -2.20. The summed E-state index contributed by atoms with van der Waals surface area (Å²) in [6, 6.07) is 1.10. The van der Waals surface area contributed by atoms with Crippen LogP contribution in [0.4, 0.5) is 5.82 Å². The highest BCUT2D eigenvalue weighted by atomic mass is 32.2. The van der Waals surface area contributed by atoms with Crippen molar-refractivity contribution in [3.63, 3.8) is 0 Å². The minimum Gasteiger partial charge on any atom is -0.477 e. The van der Waals surface area contributed by atoms with Gasteiger partial charge in [-0.3, -0.25) is 9.82 Å². The Morgan fingerprint density at radius 1 is 1.65 bits per heavy atom. The lowest BCUT2D eigenvalue weighted by atomic mass is 10.4. The molecule has 8 nitrogen and oxygen atoms in total. The molecule has 0 radical (unpaired) electrons. The number of H-pyrrole nitrogens is 1. The molecule has 17 heavy (non-hydrogen) atoms. The van der Waals surface area contributed by atoms with Crippen LogP contribution < -0.4 is 4.72 Å². The normalized spacial score (nSPS) is 11.4. The third kappa shape index (κ3) is 4.41. The van der Waals surface area contributed by atoms with Gasteiger partial charge in [0.05, 0.1) is 12.4 Å². The molecular weight excluding hydrogens is 250 g/mol. The van der Waals surface area contributed by atoms with E-state index in [2.05, 4.69) is 14.9 Å². The lowest BCUT2D eigenvalue weighted by molar-refractivity contribution is 0.0690. The molecule has 0 aliphatic carbocycles. The number of nitrogens with one attached hydrogen (secondary N) is 2. The summed E-state index contributed by atoms with van der Waals surface area (Å²) in [5.74, 6) is -1.48. The Morgan fingerprint density at radius 2 is 2.35 bits per heavy atom. The number of aromatic nitrogens is 2. The number of carbonyl (C=O) groups is 1. The van der Waals surface area contributed by atoms with Crippen LogP contribution in [0.2, 0.25) is 0 Å². The number of carboxylic acid groups (broad SMARTS) is 1. The summed E-state index contributed by atoms with van der Waals surface area (Å²) in [5, 5.41) is 14.3. The summed E-state index contributed by atoms with van der Waals surface area (Å²) in [6.45, 7) is 2.26. The fourth-order valence-electron chi connectivity index (χ4n) is 1.01. The van der Waals surface area contributed by atoms with Crippen LogP contribution in [0.15, 0.2) is 6.07 Å². The van der Waals surface area contributed by atoms with E-state index in [4.69, 9.17) is 9.84 Å². The summed E-state index contributed by atoms with van der Waals surface area (Å²) in [7, 11) is -3.57. The molecule has 9 heteroatoms. The number of carboxylic acids is 1. The minimum absolute atomic E-state index is 0.0566. The van der Waals surface area contributed by atoms with Gasteiger partial charge in [0.2, 0.25) is 10.0 Å². The van der Waals surface area contributed by atoms with Gasteiger partial charge < -0.3 is 9.84 Å². The summed E-state index contributed by atoms with van der Waals surface area (Å²) < 4.78 is 30.0. The molecule has 1 aromatic rings. The van der Waals surface area contributed by atoms with Crippen molar-refractivity contribution in [2.24, 2.45) is 0 Å². The topological polar surface area (TPSA) is 121 Å². The quantitative estimate of drug-likeness (QED) is 0.590. The fraction of sp³-hybridized carbons (Fsp3) is 0.500. The third-order valence-electron chi connectivity index (χ3n) is 1.77. The molecule has 0 saturated carbocycles. The first-order valence-corrected chi connectivity index (χ1v) is 6.47. The van der Waals surface area contributed by atoms with E-state index in [0.29, 0.717) is 6.61 Å². The van der Waals surface area contributed by atoms with Gasteiger partial charge in [0.25, 0.3) is 0 Å². The second kappa shape index (κ2) is 5.64. The van der Waals surface area contributed by atoms with Crippen molar-refractivity contribution in [1.29, 1.82) is 0 Å². The van der Waals surface area contributed by atoms with Crippen molar-refractivity contribution in [1.82, 2.24) is 10.2 Å². The molecule has 0 spiro atoms. The molecule has 0 aliphatic rings. The van der Waals surface area contributed by atoms with E-state index in [-0.39, 0.29) is 23.9 Å². The number of rotatable bonds is 7. The molecule has 0 saturated heterocycles. The third-order valence-corrected chi connectivity index (χ3v) is 2.99. The number of anilines is 1. The number of sulfonamides is 1. The first-order chi connectivity index (χ1) is 7.94. The summed E-state index contributed by atoms with van der Waals surface area (Å²) in [6.07, 6.45) is 0. The van der Waals surface area contributed by atoms with Crippen LogP contribution in [0.1, 0.15) is 17.4 Å². The van der Waals surface area contributed by atoms with Crippen molar-refractivity contribution < 1.29 is 23.1 Å². The van der Waals surface area contributed by atoms with Crippen molar-refractivity contribution >= 4 is 21.8 Å². The molecule has 0 bridgehead atoms. The number of hydrogen-bond acceptors (Lipinski definition) is 5. The van der Waals surface area contributed by atoms with E-state index in [0.717, 1.165) is 6.07 Å². The van der Waals surface area contributed by atoms with Gasteiger partial charge >= 0.3 is 5.97 Å². The second-order valence-electron chi connectivity index (χ2n) is 3.09. The number of ether oxygens (including phenoxy) is 1. The molecule has 0 atom stereocenters. The van der Waals surface area contributed by atoms with Crippen molar-refractivity contribution in [3.8, 4) is 0 Å². The van der Waals surface area contributed by atoms with Crippen LogP contribution in [-0.4, -0.2) is 48.7 Å². The molecule has 96 valence electrons. The van der Waals surface area contributed by atoms with Crippen LogP contribution in [-0.2, 0) is 14.8 Å². The summed E-state index contributed by atoms with van der Waals surface area (Å²) in [4.78, 5) is 10.5. The number of aromatic amines is 1. The molecule has 1 aromatic heterocycles. The Bertz CT molecular complexity index is 481. The second-order valence-corrected chi connectivity index (χ2v) is 4.93. The Kier molecular flexibility index (Phi) is 4.46. The molecule has 0 aliphatic heterocycles. The Morgan fingerprint density at radius 3 is 2.88 bits per heavy atom. The predicted molar refractivity (Wildman–Crippen MR) is 59.4 cm³/mol. The molecule has 0 amide bonds. The van der Waals surface area contributed by atoms with Gasteiger partial charge in [-0.1, -0.05) is 0 Å². The molecular formula is C8H13N3O5S. The Labute approximate surface area is 98.0 Å². The van der Waals surface area contributed by atoms with Crippen molar-refractivity contribution in [3.05, 3.63) is 11.8 Å². The van der Waals surface area contributed by atoms with Crippen LogP contribution in [0, 0.1) is 0 Å². The maximum absolute atomic E-state index is 11.5. The summed E-state index contributed by atoms with van der Waals surface area (Å²) >= 11 is 0. The van der Waals surface area contributed by atoms with Gasteiger partial charge in [0, 0.05) is 12.7 Å². The molecule has 1 heterocycles. The molecule has 0 unspecified atom stereocenters. The van der Waals surface area contributed by atoms with E-state index < -0.39 is 16.0 Å². The average Bonchev–Trinajstić information content (AvgIpc) is 2.65. The maximum Gasteiger partial charge on any atom is 0.353 e.